The molecule has 5 rings (SSSR count). The third kappa shape index (κ3) is 4.25. The predicted octanol–water partition coefficient (Wildman–Crippen LogP) is 2.71. The smallest absolute Gasteiger partial charge is 0.295 e. The Morgan fingerprint density at radius 1 is 1.00 bits per heavy atom. The van der Waals surface area contributed by atoms with Gasteiger partial charge in [-0.3, -0.25) is 14.4 Å². The van der Waals surface area contributed by atoms with Gasteiger partial charge in [0.2, 0.25) is 0 Å². The number of aliphatic imine (C=N–C) groups is 2. The first-order valence-corrected chi connectivity index (χ1v) is 11.1. The van der Waals surface area contributed by atoms with Gasteiger partial charge in [-0.05, 0) is 12.1 Å². The number of aromatic nitrogens is 2. The number of carbonyl (C=O) groups is 3. The van der Waals surface area contributed by atoms with Crippen LogP contribution in [0, 0.1) is 5.82 Å². The molecule has 1 fully saturated rings. The van der Waals surface area contributed by atoms with Crippen LogP contribution in [-0.4, -0.2) is 76.1 Å². The SMILES string of the molecule is O=C(C(=O)N1CCN(C(=O)c2ccccc2)CC1)c1c[nH]c2c(C3=CCC=NC=N3)ncc(F)c12. The maximum Gasteiger partial charge on any atom is 0.295 e. The number of hydrogen-bond acceptors (Lipinski definition) is 6. The number of Topliss-reactive ketones (excluding diaryl/α,β-unsaturated/α-hetero) is 1. The summed E-state index contributed by atoms with van der Waals surface area (Å²) in [5, 5.41) is -0.00694. The molecule has 35 heavy (non-hydrogen) atoms. The summed E-state index contributed by atoms with van der Waals surface area (Å²) >= 11 is 0. The van der Waals surface area contributed by atoms with Gasteiger partial charge < -0.3 is 14.8 Å². The number of benzene rings is 1. The van der Waals surface area contributed by atoms with Crippen molar-refractivity contribution in [2.45, 2.75) is 6.42 Å². The van der Waals surface area contributed by atoms with Crippen molar-refractivity contribution in [2.24, 2.45) is 9.98 Å². The largest absolute Gasteiger partial charge is 0.359 e. The lowest BCUT2D eigenvalue weighted by molar-refractivity contribution is -0.127. The Bertz CT molecular complexity index is 1400. The van der Waals surface area contributed by atoms with Crippen molar-refractivity contribution in [2.75, 3.05) is 26.2 Å². The molecule has 1 saturated heterocycles. The predicted molar refractivity (Wildman–Crippen MR) is 129 cm³/mol. The molecule has 1 aromatic carbocycles. The fourth-order valence-corrected chi connectivity index (χ4v) is 4.19. The Labute approximate surface area is 199 Å². The number of piperazine rings is 1. The highest BCUT2D eigenvalue weighted by molar-refractivity contribution is 6.45. The molecule has 0 bridgehead atoms. The van der Waals surface area contributed by atoms with E-state index in [1.54, 1.807) is 41.5 Å². The highest BCUT2D eigenvalue weighted by Gasteiger charge is 2.31. The zero-order valence-electron chi connectivity index (χ0n) is 18.6. The number of allylic oxidation sites excluding steroid dienone is 1. The summed E-state index contributed by atoms with van der Waals surface area (Å²) in [7, 11) is 0. The number of nitrogens with one attached hydrogen (secondary N) is 1. The molecule has 0 atom stereocenters. The van der Waals surface area contributed by atoms with Crippen LogP contribution in [0.25, 0.3) is 16.6 Å². The van der Waals surface area contributed by atoms with Gasteiger partial charge >= 0.3 is 0 Å². The van der Waals surface area contributed by atoms with E-state index in [1.807, 2.05) is 6.07 Å². The number of nitrogens with zero attached hydrogens (tertiary/aromatic N) is 5. The second kappa shape index (κ2) is 9.41. The van der Waals surface area contributed by atoms with Crippen molar-refractivity contribution >= 4 is 46.8 Å². The molecule has 0 aliphatic carbocycles. The molecule has 2 aliphatic rings. The molecule has 10 heteroatoms. The number of amides is 2. The summed E-state index contributed by atoms with van der Waals surface area (Å²) in [6, 6.07) is 8.89. The van der Waals surface area contributed by atoms with Gasteiger partial charge in [-0.15, -0.1) is 0 Å². The fourth-order valence-electron chi connectivity index (χ4n) is 4.19. The molecule has 2 aromatic heterocycles. The van der Waals surface area contributed by atoms with E-state index >= 15 is 0 Å². The lowest BCUT2D eigenvalue weighted by Gasteiger charge is -2.34. The summed E-state index contributed by atoms with van der Waals surface area (Å²) in [6.45, 7) is 1.03. The Morgan fingerprint density at radius 3 is 2.51 bits per heavy atom. The average molecular weight is 472 g/mol. The minimum absolute atomic E-state index is 0.00694. The summed E-state index contributed by atoms with van der Waals surface area (Å²) < 4.78 is 14.8. The Morgan fingerprint density at radius 2 is 1.74 bits per heavy atom. The van der Waals surface area contributed by atoms with Crippen molar-refractivity contribution < 1.29 is 18.8 Å². The summed E-state index contributed by atoms with van der Waals surface area (Å²) in [6.07, 6.45) is 7.70. The van der Waals surface area contributed by atoms with E-state index in [0.29, 0.717) is 36.5 Å². The Hall–Kier alpha value is -4.47. The minimum atomic E-state index is -0.822. The molecule has 0 radical (unpaired) electrons. The van der Waals surface area contributed by atoms with Crippen molar-refractivity contribution in [1.29, 1.82) is 0 Å². The van der Waals surface area contributed by atoms with E-state index in [0.717, 1.165) is 6.20 Å². The monoisotopic (exact) mass is 472 g/mol. The molecule has 0 saturated carbocycles. The summed E-state index contributed by atoms with van der Waals surface area (Å²) in [5.74, 6) is -2.40. The number of rotatable bonds is 4. The number of ketones is 1. The van der Waals surface area contributed by atoms with Crippen LogP contribution in [0.4, 0.5) is 4.39 Å². The fraction of sp³-hybridized carbons (Fsp3) is 0.200. The Kier molecular flexibility index (Phi) is 6.01. The van der Waals surface area contributed by atoms with E-state index in [2.05, 4.69) is 20.0 Å². The van der Waals surface area contributed by atoms with E-state index in [4.69, 9.17) is 0 Å². The first-order valence-electron chi connectivity index (χ1n) is 11.1. The number of pyridine rings is 1. The molecule has 176 valence electrons. The van der Waals surface area contributed by atoms with E-state index < -0.39 is 17.5 Å². The van der Waals surface area contributed by atoms with E-state index in [1.165, 1.54) is 17.4 Å². The van der Waals surface area contributed by atoms with Crippen LogP contribution in [0.5, 0.6) is 0 Å². The lowest BCUT2D eigenvalue weighted by atomic mass is 10.1. The number of halogens is 1. The molecular formula is C25H21FN6O3. The highest BCUT2D eigenvalue weighted by atomic mass is 19.1. The van der Waals surface area contributed by atoms with Gasteiger partial charge in [-0.25, -0.2) is 19.4 Å². The standard InChI is InChI=1S/C25H21FN6O3/c26-18-14-29-21(19-7-4-8-27-15-30-19)22-20(18)17(13-28-22)23(33)25(35)32-11-9-31(10-12-32)24(34)16-5-2-1-3-6-16/h1-3,5-8,13-15,28H,4,9-12H2. The number of H-pyrrole nitrogens is 1. The van der Waals surface area contributed by atoms with Crippen LogP contribution >= 0.6 is 0 Å². The van der Waals surface area contributed by atoms with E-state index in [9.17, 15) is 18.8 Å². The van der Waals surface area contributed by atoms with Gasteiger partial charge in [-0.2, -0.15) is 0 Å². The topological polar surface area (TPSA) is 111 Å². The van der Waals surface area contributed by atoms with Crippen LogP contribution in [0.1, 0.15) is 32.8 Å². The number of fused-ring (bicyclic) bond motifs is 1. The van der Waals surface area contributed by atoms with Crippen LogP contribution < -0.4 is 0 Å². The zero-order chi connectivity index (χ0) is 24.4. The zero-order valence-corrected chi connectivity index (χ0v) is 18.6. The summed E-state index contributed by atoms with van der Waals surface area (Å²) in [4.78, 5) is 57.0. The van der Waals surface area contributed by atoms with Gasteiger partial charge in [0, 0.05) is 50.6 Å². The van der Waals surface area contributed by atoms with Crippen molar-refractivity contribution in [1.82, 2.24) is 19.8 Å². The summed E-state index contributed by atoms with van der Waals surface area (Å²) in [5.41, 5.74) is 1.64. The molecule has 1 N–H and O–H groups in total. The molecule has 2 aliphatic heterocycles. The van der Waals surface area contributed by atoms with Crippen LogP contribution in [-0.2, 0) is 4.79 Å². The number of carbonyl (C=O) groups excluding carboxylic acids is 3. The molecule has 9 nitrogen and oxygen atoms in total. The van der Waals surface area contributed by atoms with Crippen LogP contribution in [0.2, 0.25) is 0 Å². The van der Waals surface area contributed by atoms with Crippen LogP contribution in [0.3, 0.4) is 0 Å². The molecule has 3 aromatic rings. The second-order valence-corrected chi connectivity index (χ2v) is 8.09. The number of aromatic amines is 1. The maximum absolute atomic E-state index is 14.8. The number of hydrogen-bond donors (Lipinski definition) is 1. The van der Waals surface area contributed by atoms with Crippen molar-refractivity contribution in [3.63, 3.8) is 0 Å². The molecule has 4 heterocycles. The highest BCUT2D eigenvalue weighted by Crippen LogP contribution is 2.29. The third-order valence-corrected chi connectivity index (χ3v) is 6.00. The van der Waals surface area contributed by atoms with Gasteiger partial charge in [0.1, 0.15) is 12.0 Å². The van der Waals surface area contributed by atoms with Gasteiger partial charge in [0.15, 0.2) is 5.82 Å². The molecule has 0 unspecified atom stereocenters. The van der Waals surface area contributed by atoms with Gasteiger partial charge in [0.25, 0.3) is 17.6 Å². The molecule has 0 spiro atoms. The van der Waals surface area contributed by atoms with Gasteiger partial charge in [0.05, 0.1) is 28.4 Å². The molecule has 2 amide bonds. The normalized spacial score (nSPS) is 15.7. The first kappa shape index (κ1) is 22.3. The van der Waals surface area contributed by atoms with Crippen molar-refractivity contribution in [3.8, 4) is 0 Å². The minimum Gasteiger partial charge on any atom is -0.359 e. The Balaban J connectivity index is 1.34. The first-order chi connectivity index (χ1) is 17.0. The van der Waals surface area contributed by atoms with Crippen molar-refractivity contribution in [3.05, 3.63) is 71.4 Å². The molecular weight excluding hydrogens is 451 g/mol. The van der Waals surface area contributed by atoms with E-state index in [-0.39, 0.29) is 35.5 Å². The van der Waals surface area contributed by atoms with Gasteiger partial charge in [-0.1, -0.05) is 24.3 Å². The quantitative estimate of drug-likeness (QED) is 0.465. The lowest BCUT2D eigenvalue weighted by Crippen LogP contribution is -2.52. The second-order valence-electron chi connectivity index (χ2n) is 8.09. The average Bonchev–Trinajstić information content (AvgIpc) is 3.18. The van der Waals surface area contributed by atoms with Crippen LogP contribution in [0.15, 0.2) is 58.8 Å². The maximum atomic E-state index is 14.8. The third-order valence-electron chi connectivity index (χ3n) is 6.00.